The highest BCUT2D eigenvalue weighted by Gasteiger charge is 2.34. The molecule has 0 saturated carbocycles. The number of rotatable bonds is 12. The molecule has 43 heavy (non-hydrogen) atoms. The third kappa shape index (κ3) is 8.28. The van der Waals surface area contributed by atoms with Crippen LogP contribution in [0.25, 0.3) is 10.9 Å². The Morgan fingerprint density at radius 3 is 2.49 bits per heavy atom. The number of hydrogen-bond donors (Lipinski definition) is 3. The number of carbonyl (C=O) groups is 2. The Labute approximate surface area is 257 Å². The first-order chi connectivity index (χ1) is 20.4. The van der Waals surface area contributed by atoms with Crippen molar-refractivity contribution in [1.82, 2.24) is 15.2 Å². The first kappa shape index (κ1) is 33.2. The van der Waals surface area contributed by atoms with Crippen LogP contribution in [-0.4, -0.2) is 91.5 Å². The molecule has 3 atom stereocenters. The molecule has 1 aromatic carbocycles. The van der Waals surface area contributed by atoms with E-state index >= 15 is 0 Å². The normalized spacial score (nSPS) is 21.7. The molecule has 2 aliphatic heterocycles. The summed E-state index contributed by atoms with van der Waals surface area (Å²) in [6, 6.07) is 3.01. The molecule has 0 radical (unpaired) electrons. The number of carbonyl (C=O) groups excluding carboxylic acids is 2. The number of aliphatic hydroxyl groups excluding tert-OH is 1. The standard InChI is InChI=1S/C33H50N4O5S/c1-22(2)7-6-8-24(5)11-14-37-28-10-9-27(29(39)12-13-36-15-17-43(41,42)18-16-36)31-30(28)25(20-34-31)19-26(21-38)35-33(40)32(37)23(3)4/h7,9-10,20,23-24,26,32,34,38H,6,8,11-19,21H2,1-5H3,(H,35,40)/t24-,26-,32-/m0/s1. The molecular formula is C33H50N4O5S. The number of aromatic nitrogens is 1. The number of aliphatic hydroxyl groups is 1. The van der Waals surface area contributed by atoms with Gasteiger partial charge in [0.05, 0.1) is 29.7 Å². The van der Waals surface area contributed by atoms with Crippen LogP contribution < -0.4 is 10.2 Å². The molecule has 3 heterocycles. The fraction of sp³-hybridized carbons (Fsp3) is 0.636. The molecule has 9 nitrogen and oxygen atoms in total. The van der Waals surface area contributed by atoms with Crippen LogP contribution >= 0.6 is 0 Å². The number of nitrogens with zero attached hydrogens (tertiary/aromatic N) is 2. The number of allylic oxidation sites excluding steroid dienone is 2. The lowest BCUT2D eigenvalue weighted by molar-refractivity contribution is -0.124. The predicted octanol–water partition coefficient (Wildman–Crippen LogP) is 4.11. The summed E-state index contributed by atoms with van der Waals surface area (Å²) in [6.45, 7) is 12.6. The second-order valence-electron chi connectivity index (χ2n) is 13.1. The van der Waals surface area contributed by atoms with E-state index in [4.69, 9.17) is 0 Å². The number of H-pyrrole nitrogens is 1. The summed E-state index contributed by atoms with van der Waals surface area (Å²) in [7, 11) is -2.97. The van der Waals surface area contributed by atoms with Crippen LogP contribution in [0.15, 0.2) is 30.0 Å². The average molecular weight is 615 g/mol. The lowest BCUT2D eigenvalue weighted by Gasteiger charge is -2.36. The van der Waals surface area contributed by atoms with Gasteiger partial charge in [-0.3, -0.25) is 9.59 Å². The molecule has 0 aliphatic carbocycles. The number of hydrogen-bond acceptors (Lipinski definition) is 7. The van der Waals surface area contributed by atoms with Crippen molar-refractivity contribution in [1.29, 1.82) is 0 Å². The molecule has 0 unspecified atom stereocenters. The Bertz CT molecular complexity index is 1410. The first-order valence-electron chi connectivity index (χ1n) is 15.8. The maximum absolute atomic E-state index is 13.7. The minimum absolute atomic E-state index is 0.000941. The summed E-state index contributed by atoms with van der Waals surface area (Å²) in [5.74, 6) is 0.679. The Balaban J connectivity index is 1.67. The maximum atomic E-state index is 13.7. The van der Waals surface area contributed by atoms with E-state index in [1.165, 1.54) is 5.57 Å². The zero-order chi connectivity index (χ0) is 31.3. The van der Waals surface area contributed by atoms with Gasteiger partial charge in [0.1, 0.15) is 6.04 Å². The molecule has 10 heteroatoms. The third-order valence-corrected chi connectivity index (χ3v) is 10.6. The van der Waals surface area contributed by atoms with Gasteiger partial charge in [0.25, 0.3) is 0 Å². The van der Waals surface area contributed by atoms with Crippen molar-refractivity contribution in [3.8, 4) is 0 Å². The summed E-state index contributed by atoms with van der Waals surface area (Å²) < 4.78 is 23.6. The van der Waals surface area contributed by atoms with Gasteiger partial charge in [-0.1, -0.05) is 32.4 Å². The quantitative estimate of drug-likeness (QED) is 0.243. The van der Waals surface area contributed by atoms with Crippen LogP contribution in [0.2, 0.25) is 0 Å². The number of benzene rings is 1. The van der Waals surface area contributed by atoms with Crippen molar-refractivity contribution in [3.05, 3.63) is 41.1 Å². The van der Waals surface area contributed by atoms with E-state index in [-0.39, 0.29) is 35.7 Å². The monoisotopic (exact) mass is 614 g/mol. The highest BCUT2D eigenvalue weighted by Crippen LogP contribution is 2.37. The highest BCUT2D eigenvalue weighted by molar-refractivity contribution is 7.91. The van der Waals surface area contributed by atoms with Crippen molar-refractivity contribution in [2.45, 2.75) is 78.8 Å². The predicted molar refractivity (Wildman–Crippen MR) is 173 cm³/mol. The van der Waals surface area contributed by atoms with Crippen LogP contribution in [0.4, 0.5) is 5.69 Å². The lowest BCUT2D eigenvalue weighted by Crippen LogP contribution is -2.53. The number of amides is 1. The van der Waals surface area contributed by atoms with Gasteiger partial charge in [-0.05, 0) is 69.1 Å². The van der Waals surface area contributed by atoms with Gasteiger partial charge in [0, 0.05) is 55.4 Å². The van der Waals surface area contributed by atoms with Gasteiger partial charge in [-0.15, -0.1) is 0 Å². The van der Waals surface area contributed by atoms with E-state index in [1.54, 1.807) is 0 Å². The largest absolute Gasteiger partial charge is 0.394 e. The number of nitrogens with one attached hydrogen (secondary N) is 2. The van der Waals surface area contributed by atoms with Crippen LogP contribution in [0.5, 0.6) is 0 Å². The average Bonchev–Trinajstić information content (AvgIpc) is 3.37. The Hall–Kier alpha value is -2.69. The van der Waals surface area contributed by atoms with Gasteiger partial charge in [-0.2, -0.15) is 0 Å². The molecule has 0 bridgehead atoms. The van der Waals surface area contributed by atoms with Gasteiger partial charge in [0.15, 0.2) is 15.6 Å². The third-order valence-electron chi connectivity index (χ3n) is 8.94. The van der Waals surface area contributed by atoms with E-state index in [0.29, 0.717) is 50.5 Å². The summed E-state index contributed by atoms with van der Waals surface area (Å²) in [5.41, 5.74) is 4.58. The smallest absolute Gasteiger partial charge is 0.243 e. The van der Waals surface area contributed by atoms with E-state index in [9.17, 15) is 23.1 Å². The molecule has 1 amide bonds. The second kappa shape index (κ2) is 14.4. The van der Waals surface area contributed by atoms with Crippen LogP contribution in [0.1, 0.15) is 76.2 Å². The van der Waals surface area contributed by atoms with Gasteiger partial charge < -0.3 is 25.2 Å². The van der Waals surface area contributed by atoms with Gasteiger partial charge in [0.2, 0.25) is 5.91 Å². The van der Waals surface area contributed by atoms with Crippen molar-refractivity contribution in [3.63, 3.8) is 0 Å². The molecule has 4 rings (SSSR count). The number of sulfone groups is 1. The van der Waals surface area contributed by atoms with E-state index in [1.807, 2.05) is 23.2 Å². The summed E-state index contributed by atoms with van der Waals surface area (Å²) in [5, 5.41) is 14.2. The fourth-order valence-corrected chi connectivity index (χ4v) is 7.66. The Morgan fingerprint density at radius 1 is 1.12 bits per heavy atom. The SMILES string of the molecule is CC(C)=CCC[C@H](C)CCN1c2ccc(C(=O)CCN3CCS(=O)(=O)CC3)c3[nH]cc(c23)C[C@@H](CO)NC(=O)[C@@H]1C(C)C. The molecule has 2 aromatic rings. The van der Waals surface area contributed by atoms with E-state index in [2.05, 4.69) is 55.9 Å². The van der Waals surface area contributed by atoms with Crippen LogP contribution in [0.3, 0.4) is 0 Å². The zero-order valence-corrected chi connectivity index (χ0v) is 27.3. The van der Waals surface area contributed by atoms with E-state index < -0.39 is 21.9 Å². The number of anilines is 1. The first-order valence-corrected chi connectivity index (χ1v) is 17.6. The zero-order valence-electron chi connectivity index (χ0n) is 26.5. The lowest BCUT2D eigenvalue weighted by atomic mass is 9.95. The molecule has 1 aromatic heterocycles. The molecule has 1 saturated heterocycles. The van der Waals surface area contributed by atoms with Gasteiger partial charge >= 0.3 is 0 Å². The highest BCUT2D eigenvalue weighted by atomic mass is 32.2. The van der Waals surface area contributed by atoms with Crippen molar-refractivity contribution in [2.75, 3.05) is 49.2 Å². The number of aromatic amines is 1. The summed E-state index contributed by atoms with van der Waals surface area (Å²) >= 11 is 0. The van der Waals surface area contributed by atoms with Crippen molar-refractivity contribution >= 4 is 38.1 Å². The Kier molecular flexibility index (Phi) is 11.1. The minimum Gasteiger partial charge on any atom is -0.394 e. The molecule has 1 fully saturated rings. The van der Waals surface area contributed by atoms with E-state index in [0.717, 1.165) is 41.4 Å². The molecular weight excluding hydrogens is 564 g/mol. The number of Topliss-reactive ketones (excluding diaryl/α,β-unsaturated/α-hetero) is 1. The van der Waals surface area contributed by atoms with Crippen LogP contribution in [-0.2, 0) is 21.1 Å². The summed E-state index contributed by atoms with van der Waals surface area (Å²) in [6.07, 6.45) is 7.96. The molecule has 2 aliphatic rings. The molecule has 3 N–H and O–H groups in total. The van der Waals surface area contributed by atoms with Crippen molar-refractivity contribution in [2.24, 2.45) is 11.8 Å². The van der Waals surface area contributed by atoms with Crippen LogP contribution in [0, 0.1) is 11.8 Å². The molecule has 238 valence electrons. The van der Waals surface area contributed by atoms with Gasteiger partial charge in [-0.25, -0.2) is 8.42 Å². The van der Waals surface area contributed by atoms with Crippen molar-refractivity contribution < 1.29 is 23.1 Å². The number of ketones is 1. The minimum atomic E-state index is -2.97. The fourth-order valence-electron chi connectivity index (χ4n) is 6.39. The molecule has 0 spiro atoms. The summed E-state index contributed by atoms with van der Waals surface area (Å²) in [4.78, 5) is 34.9. The topological polar surface area (TPSA) is 123 Å². The Morgan fingerprint density at radius 2 is 1.84 bits per heavy atom. The second-order valence-corrected chi connectivity index (χ2v) is 15.4. The maximum Gasteiger partial charge on any atom is 0.243 e.